The molecule has 0 amide bonds. The van der Waals surface area contributed by atoms with Gasteiger partial charge in [-0.05, 0) is 87.5 Å². The Morgan fingerprint density at radius 1 is 0.902 bits per heavy atom. The minimum atomic E-state index is 0. The molecule has 2 saturated carbocycles. The second kappa shape index (κ2) is 15.5. The number of rotatable bonds is 7. The Labute approximate surface area is 271 Å². The summed E-state index contributed by atoms with van der Waals surface area (Å²) in [5.41, 5.74) is 12.7. The summed E-state index contributed by atoms with van der Waals surface area (Å²) in [5, 5.41) is 7.44. The highest BCUT2D eigenvalue weighted by Crippen LogP contribution is 2.34. The first-order valence-electron chi connectivity index (χ1n) is 14.2. The normalized spacial score (nSPS) is 22.0. The van der Waals surface area contributed by atoms with Gasteiger partial charge in [0.2, 0.25) is 5.95 Å². The van der Waals surface area contributed by atoms with Gasteiger partial charge in [0, 0.05) is 41.3 Å². The fourth-order valence-corrected chi connectivity index (χ4v) is 6.75. The largest absolute Gasteiger partial charge is 0.351 e. The number of halogens is 5. The van der Waals surface area contributed by atoms with Crippen molar-refractivity contribution in [2.45, 2.75) is 88.8 Å². The number of piperidine rings is 1. The third kappa shape index (κ3) is 8.22. The molecule has 3 fully saturated rings. The molecule has 228 valence electrons. The SMILES string of the molecule is Cl.Cl.Cl.NC1CCC(Nc2nc(NN3CCC(Cc4cc(Cl)ccc4Cl)CC3)c3ncn(C4CCCC4)c3n2)CC1. The minimum Gasteiger partial charge on any atom is -0.351 e. The molecule has 0 spiro atoms. The minimum absolute atomic E-state index is 0. The van der Waals surface area contributed by atoms with E-state index in [0.717, 1.165) is 90.6 Å². The van der Waals surface area contributed by atoms with Crippen molar-refractivity contribution in [2.24, 2.45) is 11.7 Å². The molecule has 6 rings (SSSR count). The number of nitrogens with one attached hydrogen (secondary N) is 2. The van der Waals surface area contributed by atoms with Gasteiger partial charge in [0.25, 0.3) is 0 Å². The molecule has 13 heteroatoms. The van der Waals surface area contributed by atoms with E-state index in [0.29, 0.717) is 30.0 Å². The zero-order valence-electron chi connectivity index (χ0n) is 23.1. The Morgan fingerprint density at radius 3 is 2.32 bits per heavy atom. The van der Waals surface area contributed by atoms with Gasteiger partial charge >= 0.3 is 0 Å². The molecular formula is C28H41Cl5N8. The van der Waals surface area contributed by atoms with Crippen LogP contribution in [0.25, 0.3) is 11.2 Å². The third-order valence-corrected chi connectivity index (χ3v) is 9.24. The predicted octanol–water partition coefficient (Wildman–Crippen LogP) is 7.48. The van der Waals surface area contributed by atoms with Crippen LogP contribution in [-0.4, -0.2) is 49.7 Å². The number of nitrogens with zero attached hydrogens (tertiary/aromatic N) is 5. The van der Waals surface area contributed by atoms with E-state index in [1.54, 1.807) is 0 Å². The Kier molecular flexibility index (Phi) is 12.9. The average molecular weight is 667 g/mol. The van der Waals surface area contributed by atoms with E-state index in [2.05, 4.69) is 20.3 Å². The summed E-state index contributed by atoms with van der Waals surface area (Å²) in [5.74, 6) is 2.05. The van der Waals surface area contributed by atoms with E-state index in [1.165, 1.54) is 25.7 Å². The lowest BCUT2D eigenvalue weighted by atomic mass is 9.91. The molecule has 2 aromatic heterocycles. The highest BCUT2D eigenvalue weighted by atomic mass is 35.5. The topological polar surface area (TPSA) is 96.9 Å². The molecule has 0 bridgehead atoms. The molecule has 41 heavy (non-hydrogen) atoms. The third-order valence-electron chi connectivity index (χ3n) is 8.64. The van der Waals surface area contributed by atoms with E-state index >= 15 is 0 Å². The van der Waals surface area contributed by atoms with E-state index in [4.69, 9.17) is 43.9 Å². The summed E-state index contributed by atoms with van der Waals surface area (Å²) in [4.78, 5) is 14.7. The van der Waals surface area contributed by atoms with Crippen LogP contribution >= 0.6 is 60.4 Å². The molecule has 3 aromatic rings. The first kappa shape index (κ1) is 34.2. The van der Waals surface area contributed by atoms with Crippen molar-refractivity contribution in [1.82, 2.24) is 24.5 Å². The number of hydrazine groups is 1. The predicted molar refractivity (Wildman–Crippen MR) is 177 cm³/mol. The molecule has 3 heterocycles. The van der Waals surface area contributed by atoms with Gasteiger partial charge in [-0.1, -0.05) is 36.0 Å². The van der Waals surface area contributed by atoms with Crippen LogP contribution in [0.5, 0.6) is 0 Å². The molecule has 0 atom stereocenters. The summed E-state index contributed by atoms with van der Waals surface area (Å²) in [7, 11) is 0. The number of imidazole rings is 1. The maximum atomic E-state index is 6.43. The second-order valence-corrected chi connectivity index (χ2v) is 12.2. The van der Waals surface area contributed by atoms with Crippen molar-refractivity contribution >= 4 is 83.4 Å². The van der Waals surface area contributed by atoms with Crippen molar-refractivity contribution in [3.05, 3.63) is 40.1 Å². The summed E-state index contributed by atoms with van der Waals surface area (Å²) in [6.45, 7) is 1.86. The van der Waals surface area contributed by atoms with Crippen molar-refractivity contribution < 1.29 is 0 Å². The van der Waals surface area contributed by atoms with Gasteiger partial charge in [0.1, 0.15) is 0 Å². The highest BCUT2D eigenvalue weighted by Gasteiger charge is 2.26. The number of aromatic nitrogens is 4. The summed E-state index contributed by atoms with van der Waals surface area (Å²) in [6.07, 6.45) is 14.2. The second-order valence-electron chi connectivity index (χ2n) is 11.4. The molecule has 2 aliphatic carbocycles. The van der Waals surface area contributed by atoms with Gasteiger partial charge in [-0.2, -0.15) is 9.97 Å². The lowest BCUT2D eigenvalue weighted by Crippen LogP contribution is -2.39. The molecule has 1 aliphatic heterocycles. The van der Waals surface area contributed by atoms with Crippen molar-refractivity contribution in [2.75, 3.05) is 23.8 Å². The molecule has 0 unspecified atom stereocenters. The number of hydrogen-bond acceptors (Lipinski definition) is 7. The number of fused-ring (bicyclic) bond motifs is 1. The Hall–Kier alpha value is -1.26. The van der Waals surface area contributed by atoms with E-state index < -0.39 is 0 Å². The number of benzene rings is 1. The summed E-state index contributed by atoms with van der Waals surface area (Å²) >= 11 is 12.6. The summed E-state index contributed by atoms with van der Waals surface area (Å²) in [6, 6.07) is 6.89. The first-order chi connectivity index (χ1) is 18.5. The summed E-state index contributed by atoms with van der Waals surface area (Å²) < 4.78 is 2.28. The number of hydrogen-bond donors (Lipinski definition) is 3. The lowest BCUT2D eigenvalue weighted by molar-refractivity contribution is 0.216. The monoisotopic (exact) mass is 664 g/mol. The van der Waals surface area contributed by atoms with Crippen LogP contribution in [0.1, 0.15) is 75.8 Å². The van der Waals surface area contributed by atoms with Gasteiger partial charge < -0.3 is 21.0 Å². The van der Waals surface area contributed by atoms with Crippen LogP contribution in [0.4, 0.5) is 11.8 Å². The van der Waals surface area contributed by atoms with Crippen LogP contribution in [0.2, 0.25) is 10.0 Å². The molecule has 0 radical (unpaired) electrons. The molecule has 4 N–H and O–H groups in total. The lowest BCUT2D eigenvalue weighted by Gasteiger charge is -2.32. The van der Waals surface area contributed by atoms with E-state index in [1.807, 2.05) is 24.5 Å². The standard InChI is InChI=1S/C28H38Cl2N8.3ClH/c29-20-5-10-24(30)19(16-20)15-18-11-13-37(14-12-18)36-26-25-27(38(17-32-25)23-3-1-2-4-23)35-28(34-26)33-22-8-6-21(31)7-9-22;;;/h5,10,16-18,21-23H,1-4,6-9,11-15,31H2,(H2,33,34,35,36);3*1H. The smallest absolute Gasteiger partial charge is 0.227 e. The molecule has 1 aromatic carbocycles. The van der Waals surface area contributed by atoms with Gasteiger partial charge in [0.15, 0.2) is 17.0 Å². The Morgan fingerprint density at radius 2 is 1.61 bits per heavy atom. The van der Waals surface area contributed by atoms with Crippen molar-refractivity contribution in [1.29, 1.82) is 0 Å². The van der Waals surface area contributed by atoms with Crippen LogP contribution in [0.15, 0.2) is 24.5 Å². The van der Waals surface area contributed by atoms with Crippen molar-refractivity contribution in [3.63, 3.8) is 0 Å². The van der Waals surface area contributed by atoms with Crippen molar-refractivity contribution in [3.8, 4) is 0 Å². The first-order valence-corrected chi connectivity index (χ1v) is 15.0. The zero-order valence-corrected chi connectivity index (χ0v) is 27.1. The number of anilines is 2. The Bertz CT molecular complexity index is 1250. The maximum Gasteiger partial charge on any atom is 0.227 e. The maximum absolute atomic E-state index is 6.43. The van der Waals surface area contributed by atoms with Gasteiger partial charge in [-0.15, -0.1) is 37.2 Å². The van der Waals surface area contributed by atoms with Crippen LogP contribution < -0.4 is 16.5 Å². The molecular weight excluding hydrogens is 626 g/mol. The molecule has 8 nitrogen and oxygen atoms in total. The zero-order chi connectivity index (χ0) is 26.1. The highest BCUT2D eigenvalue weighted by molar-refractivity contribution is 6.33. The molecule has 3 aliphatic rings. The average Bonchev–Trinajstić information content (AvgIpc) is 3.59. The van der Waals surface area contributed by atoms with Gasteiger partial charge in [0.05, 0.1) is 6.33 Å². The quantitative estimate of drug-likeness (QED) is 0.241. The Balaban J connectivity index is 0.00000154. The van der Waals surface area contributed by atoms with Crippen LogP contribution in [-0.2, 0) is 6.42 Å². The van der Waals surface area contributed by atoms with Crippen LogP contribution in [0, 0.1) is 5.92 Å². The fourth-order valence-electron chi connectivity index (χ4n) is 6.36. The van der Waals surface area contributed by atoms with E-state index in [9.17, 15) is 0 Å². The molecule has 1 saturated heterocycles. The number of nitrogens with two attached hydrogens (primary N) is 1. The fraction of sp³-hybridized carbons (Fsp3) is 0.607. The van der Waals surface area contributed by atoms with Gasteiger partial charge in [-0.25, -0.2) is 9.99 Å². The van der Waals surface area contributed by atoms with E-state index in [-0.39, 0.29) is 37.2 Å². The van der Waals surface area contributed by atoms with Crippen LogP contribution in [0.3, 0.4) is 0 Å². The van der Waals surface area contributed by atoms with Gasteiger partial charge in [-0.3, -0.25) is 0 Å².